The number of hydrogen-bond donors (Lipinski definition) is 0. The van der Waals surface area contributed by atoms with E-state index in [2.05, 4.69) is 57.2 Å². The van der Waals surface area contributed by atoms with E-state index >= 15 is 0 Å². The van der Waals surface area contributed by atoms with Gasteiger partial charge in [0.15, 0.2) is 6.23 Å². The fourth-order valence-electron chi connectivity index (χ4n) is 4.62. The lowest BCUT2D eigenvalue weighted by molar-refractivity contribution is -0.0365. The van der Waals surface area contributed by atoms with Crippen LogP contribution in [0.3, 0.4) is 0 Å². The zero-order valence-electron chi connectivity index (χ0n) is 25.6. The lowest BCUT2D eigenvalue weighted by Crippen LogP contribution is -2.43. The van der Waals surface area contributed by atoms with Gasteiger partial charge in [0.1, 0.15) is 11.4 Å². The first-order valence-electron chi connectivity index (χ1n) is 14.6. The van der Waals surface area contributed by atoms with E-state index in [0.717, 1.165) is 66.5 Å². The third kappa shape index (κ3) is 8.41. The van der Waals surface area contributed by atoms with E-state index in [1.165, 1.54) is 0 Å². The summed E-state index contributed by atoms with van der Waals surface area (Å²) in [5.41, 5.74) is 2.85. The molecule has 4 rings (SSSR count). The summed E-state index contributed by atoms with van der Waals surface area (Å²) in [6.45, 7) is 15.4. The Balaban J connectivity index is 1.47. The molecule has 12 heteroatoms. The quantitative estimate of drug-likeness (QED) is 0.130. The zero-order valence-corrected chi connectivity index (χ0v) is 27.4. The van der Waals surface area contributed by atoms with Gasteiger partial charge in [-0.25, -0.2) is 4.68 Å². The predicted octanol–water partition coefficient (Wildman–Crippen LogP) is 6.14. The van der Waals surface area contributed by atoms with Gasteiger partial charge in [0.25, 0.3) is 10.1 Å². The summed E-state index contributed by atoms with van der Waals surface area (Å²) in [5.74, 6) is 0.871. The Hall–Kier alpha value is -2.25. The van der Waals surface area contributed by atoms with Crippen LogP contribution in [0.4, 0.5) is 0 Å². The van der Waals surface area contributed by atoms with Gasteiger partial charge in [-0.1, -0.05) is 20.8 Å². The molecule has 1 saturated heterocycles. The molecule has 1 fully saturated rings. The molecule has 2 atom stereocenters. The number of ether oxygens (including phenoxy) is 2. The Kier molecular flexibility index (Phi) is 10.0. The Morgan fingerprint density at radius 3 is 2.66 bits per heavy atom. The van der Waals surface area contributed by atoms with Crippen LogP contribution in [0.2, 0.25) is 18.1 Å². The highest BCUT2D eigenvalue weighted by atomic mass is 32.2. The molecule has 0 N–H and O–H groups in total. The molecule has 228 valence electrons. The highest BCUT2D eigenvalue weighted by Gasteiger charge is 2.39. The van der Waals surface area contributed by atoms with Crippen molar-refractivity contribution in [3.63, 3.8) is 0 Å². The Bertz CT molecular complexity index is 1410. The molecule has 2 aromatic heterocycles. The first kappa shape index (κ1) is 31.7. The lowest BCUT2D eigenvalue weighted by Gasteiger charge is -2.36. The number of rotatable bonds is 13. The van der Waals surface area contributed by atoms with Gasteiger partial charge in [-0.3, -0.25) is 8.86 Å². The molecule has 3 aromatic rings. The number of benzene rings is 1. The summed E-state index contributed by atoms with van der Waals surface area (Å²) in [6.07, 6.45) is 8.90. The average molecular weight is 607 g/mol. The second-order valence-corrected chi connectivity index (χ2v) is 18.8. The molecular weight excluding hydrogens is 560 g/mol. The van der Waals surface area contributed by atoms with Crippen LogP contribution in [0.15, 0.2) is 30.6 Å². The van der Waals surface area contributed by atoms with Gasteiger partial charge in [0.05, 0.1) is 24.1 Å². The number of nitrogens with zero attached hydrogens (tertiary/aromatic N) is 4. The summed E-state index contributed by atoms with van der Waals surface area (Å²) >= 11 is 0. The van der Waals surface area contributed by atoms with Gasteiger partial charge in [0.2, 0.25) is 8.32 Å². The van der Waals surface area contributed by atoms with E-state index in [0.29, 0.717) is 26.2 Å². The van der Waals surface area contributed by atoms with Crippen molar-refractivity contribution in [1.29, 1.82) is 0 Å². The highest BCUT2D eigenvalue weighted by Crippen LogP contribution is 2.39. The van der Waals surface area contributed by atoms with Crippen LogP contribution in [0.5, 0.6) is 5.75 Å². The SMILES string of the molecule is C[C@H](CCOCCCn1cc(-c2nn(C3CCCCO3)c3ccc(O[Si](C)(C)C(C)(C)C)cc23)cn1)OS(C)(=O)=O. The number of hydrogen-bond acceptors (Lipinski definition) is 8. The minimum Gasteiger partial charge on any atom is -0.543 e. The fourth-order valence-corrected chi connectivity index (χ4v) is 6.33. The first-order valence-corrected chi connectivity index (χ1v) is 19.3. The number of aromatic nitrogens is 4. The van der Waals surface area contributed by atoms with Gasteiger partial charge in [0, 0.05) is 43.5 Å². The largest absolute Gasteiger partial charge is 0.543 e. The van der Waals surface area contributed by atoms with E-state index in [1.54, 1.807) is 6.92 Å². The summed E-state index contributed by atoms with van der Waals surface area (Å²) in [7, 11) is -5.46. The van der Waals surface area contributed by atoms with Crippen molar-refractivity contribution in [2.75, 3.05) is 26.1 Å². The van der Waals surface area contributed by atoms with Crippen molar-refractivity contribution in [3.8, 4) is 17.0 Å². The smallest absolute Gasteiger partial charge is 0.264 e. The zero-order chi connectivity index (χ0) is 29.8. The molecule has 1 aromatic carbocycles. The summed E-state index contributed by atoms with van der Waals surface area (Å²) < 4.78 is 49.7. The van der Waals surface area contributed by atoms with Crippen molar-refractivity contribution in [2.45, 2.75) is 96.8 Å². The van der Waals surface area contributed by atoms with Gasteiger partial charge in [-0.2, -0.15) is 18.6 Å². The van der Waals surface area contributed by atoms with Crippen LogP contribution < -0.4 is 4.43 Å². The van der Waals surface area contributed by atoms with E-state index in [9.17, 15) is 8.42 Å². The second kappa shape index (κ2) is 12.9. The highest BCUT2D eigenvalue weighted by molar-refractivity contribution is 7.86. The maximum atomic E-state index is 11.2. The van der Waals surface area contributed by atoms with E-state index in [1.807, 2.05) is 21.8 Å². The second-order valence-electron chi connectivity index (χ2n) is 12.5. The summed E-state index contributed by atoms with van der Waals surface area (Å²) in [6, 6.07) is 6.29. The van der Waals surface area contributed by atoms with Gasteiger partial charge >= 0.3 is 0 Å². The first-order chi connectivity index (χ1) is 19.2. The monoisotopic (exact) mass is 606 g/mol. The van der Waals surface area contributed by atoms with Crippen LogP contribution in [0, 0.1) is 0 Å². The van der Waals surface area contributed by atoms with E-state index < -0.39 is 24.5 Å². The molecular formula is C29H46N4O6SSi. The third-order valence-electron chi connectivity index (χ3n) is 7.88. The van der Waals surface area contributed by atoms with Crippen molar-refractivity contribution in [1.82, 2.24) is 19.6 Å². The van der Waals surface area contributed by atoms with Crippen LogP contribution in [-0.2, 0) is 30.3 Å². The molecule has 0 saturated carbocycles. The van der Waals surface area contributed by atoms with E-state index in [-0.39, 0.29) is 11.3 Å². The fraction of sp³-hybridized carbons (Fsp3) is 0.655. The van der Waals surface area contributed by atoms with Crippen molar-refractivity contribution in [2.24, 2.45) is 0 Å². The van der Waals surface area contributed by atoms with Crippen LogP contribution in [-0.4, -0.2) is 68.5 Å². The topological polar surface area (TPSA) is 107 Å². The van der Waals surface area contributed by atoms with Crippen molar-refractivity contribution < 1.29 is 26.5 Å². The molecule has 3 heterocycles. The molecule has 0 bridgehead atoms. The van der Waals surface area contributed by atoms with E-state index in [4.69, 9.17) is 23.2 Å². The van der Waals surface area contributed by atoms with Crippen LogP contribution in [0.25, 0.3) is 22.2 Å². The van der Waals surface area contributed by atoms with Crippen molar-refractivity contribution in [3.05, 3.63) is 30.6 Å². The molecule has 41 heavy (non-hydrogen) atoms. The van der Waals surface area contributed by atoms with Gasteiger partial charge < -0.3 is 13.9 Å². The molecule has 1 aliphatic rings. The average Bonchev–Trinajstić information content (AvgIpc) is 3.49. The van der Waals surface area contributed by atoms with Crippen LogP contribution in [0.1, 0.15) is 66.0 Å². The van der Waals surface area contributed by atoms with Crippen LogP contribution >= 0.6 is 0 Å². The maximum absolute atomic E-state index is 11.2. The summed E-state index contributed by atoms with van der Waals surface area (Å²) in [4.78, 5) is 0. The standard InChI is InChI=1S/C29H46N4O6SSi/c1-22(38-40(5,34)35)14-18-36-16-10-15-32-21-23(20-30-32)28-25-19-24(39-41(6,7)29(2,3)4)12-13-26(25)33(31-28)27-11-8-9-17-37-27/h12-13,19-22,27H,8-11,14-18H2,1-7H3/t22-,27?/m1/s1. The Morgan fingerprint density at radius 2 is 1.98 bits per heavy atom. The van der Waals surface area contributed by atoms with Crippen molar-refractivity contribution >= 4 is 29.3 Å². The molecule has 0 aliphatic carbocycles. The number of aryl methyl sites for hydroxylation is 1. The molecule has 0 amide bonds. The minimum absolute atomic E-state index is 0.0788. The number of fused-ring (bicyclic) bond motifs is 1. The maximum Gasteiger partial charge on any atom is 0.264 e. The predicted molar refractivity (Wildman–Crippen MR) is 163 cm³/mol. The minimum atomic E-state index is -3.45. The summed E-state index contributed by atoms with van der Waals surface area (Å²) in [5, 5.41) is 10.8. The molecule has 1 unspecified atom stereocenters. The van der Waals surface area contributed by atoms with Gasteiger partial charge in [-0.15, -0.1) is 0 Å². The normalized spacial score (nSPS) is 17.7. The molecule has 1 aliphatic heterocycles. The third-order valence-corrected chi connectivity index (χ3v) is 12.9. The van der Waals surface area contributed by atoms with Gasteiger partial charge in [-0.05, 0) is 75.4 Å². The Labute approximate surface area is 245 Å². The molecule has 0 spiro atoms. The molecule has 0 radical (unpaired) electrons. The lowest BCUT2D eigenvalue weighted by atomic mass is 10.1. The Morgan fingerprint density at radius 1 is 1.20 bits per heavy atom. The molecule has 10 nitrogen and oxygen atoms in total.